The molecule has 3 aromatic rings. The van der Waals surface area contributed by atoms with Gasteiger partial charge < -0.3 is 19.9 Å². The monoisotopic (exact) mass is 425 g/mol. The Morgan fingerprint density at radius 1 is 0.967 bits per heavy atom. The van der Waals surface area contributed by atoms with Gasteiger partial charge in [0.2, 0.25) is 5.60 Å². The molecule has 1 amide bonds. The largest absolute Gasteiger partial charge is 0.495 e. The maximum atomic E-state index is 12.9. The van der Waals surface area contributed by atoms with E-state index in [9.17, 15) is 14.7 Å². The van der Waals surface area contributed by atoms with Crippen molar-refractivity contribution < 1.29 is 24.2 Å². The third kappa shape index (κ3) is 4.62. The summed E-state index contributed by atoms with van der Waals surface area (Å²) >= 11 is 6.04. The Bertz CT molecular complexity index is 985. The SMILES string of the molecule is COc1ccc(NC(=O)COC(=O)C(O)(c2ccccc2)c2ccccc2)cc1Cl. The third-order valence-electron chi connectivity index (χ3n) is 4.45. The topological polar surface area (TPSA) is 84.9 Å². The van der Waals surface area contributed by atoms with Gasteiger partial charge in [0.05, 0.1) is 12.1 Å². The van der Waals surface area contributed by atoms with Crippen molar-refractivity contribution in [3.05, 3.63) is 95.0 Å². The molecule has 3 aromatic carbocycles. The van der Waals surface area contributed by atoms with Gasteiger partial charge in [0.1, 0.15) is 5.75 Å². The molecular weight excluding hydrogens is 406 g/mol. The molecule has 2 N–H and O–H groups in total. The van der Waals surface area contributed by atoms with Crippen LogP contribution in [0.3, 0.4) is 0 Å². The van der Waals surface area contributed by atoms with Crippen LogP contribution < -0.4 is 10.1 Å². The lowest BCUT2D eigenvalue weighted by Crippen LogP contribution is -2.39. The maximum absolute atomic E-state index is 12.9. The van der Waals surface area contributed by atoms with Crippen molar-refractivity contribution in [2.24, 2.45) is 0 Å². The molecule has 0 saturated heterocycles. The lowest BCUT2D eigenvalue weighted by molar-refractivity contribution is -0.163. The Kier molecular flexibility index (Phi) is 6.72. The fourth-order valence-corrected chi connectivity index (χ4v) is 3.20. The summed E-state index contributed by atoms with van der Waals surface area (Å²) in [4.78, 5) is 25.1. The Hall–Kier alpha value is -3.35. The Labute approximate surface area is 179 Å². The second kappa shape index (κ2) is 9.43. The average molecular weight is 426 g/mol. The Morgan fingerprint density at radius 3 is 2.03 bits per heavy atom. The van der Waals surface area contributed by atoms with Crippen molar-refractivity contribution in [1.29, 1.82) is 0 Å². The van der Waals surface area contributed by atoms with Gasteiger partial charge >= 0.3 is 5.97 Å². The van der Waals surface area contributed by atoms with Gasteiger partial charge in [-0.15, -0.1) is 0 Å². The van der Waals surface area contributed by atoms with Gasteiger partial charge in [-0.1, -0.05) is 72.3 Å². The van der Waals surface area contributed by atoms with Gasteiger partial charge in [0, 0.05) is 5.69 Å². The van der Waals surface area contributed by atoms with E-state index in [4.69, 9.17) is 21.1 Å². The maximum Gasteiger partial charge on any atom is 0.348 e. The number of hydrogen-bond acceptors (Lipinski definition) is 5. The van der Waals surface area contributed by atoms with Crippen LogP contribution in [0.15, 0.2) is 78.9 Å². The summed E-state index contributed by atoms with van der Waals surface area (Å²) in [6.45, 7) is -0.579. The highest BCUT2D eigenvalue weighted by atomic mass is 35.5. The summed E-state index contributed by atoms with van der Waals surface area (Å²) in [7, 11) is 1.49. The molecular formula is C23H20ClNO5. The number of ether oxygens (including phenoxy) is 2. The number of rotatable bonds is 7. The number of esters is 1. The normalized spacial score (nSPS) is 10.9. The molecule has 0 unspecified atom stereocenters. The van der Waals surface area contributed by atoms with E-state index in [1.54, 1.807) is 72.8 Å². The van der Waals surface area contributed by atoms with Crippen molar-refractivity contribution >= 4 is 29.2 Å². The molecule has 30 heavy (non-hydrogen) atoms. The van der Waals surface area contributed by atoms with Crippen LogP contribution in [0.2, 0.25) is 5.02 Å². The lowest BCUT2D eigenvalue weighted by Gasteiger charge is -2.27. The fourth-order valence-electron chi connectivity index (χ4n) is 2.94. The predicted octanol–water partition coefficient (Wildman–Crippen LogP) is 3.77. The smallest absolute Gasteiger partial charge is 0.348 e. The zero-order valence-corrected chi connectivity index (χ0v) is 16.9. The third-order valence-corrected chi connectivity index (χ3v) is 4.74. The van der Waals surface area contributed by atoms with Crippen LogP contribution in [0.5, 0.6) is 5.75 Å². The standard InChI is InChI=1S/C23H20ClNO5/c1-29-20-13-12-18(14-19(20)24)25-21(26)15-30-22(27)23(28,16-8-4-2-5-9-16)17-10-6-3-7-11-17/h2-14,28H,15H2,1H3,(H,25,26). The van der Waals surface area contributed by atoms with Crippen molar-refractivity contribution in [3.8, 4) is 5.75 Å². The summed E-state index contributed by atoms with van der Waals surface area (Å²) in [6, 6.07) is 21.6. The minimum absolute atomic E-state index is 0.329. The minimum Gasteiger partial charge on any atom is -0.495 e. The molecule has 7 heteroatoms. The number of benzene rings is 3. The highest BCUT2D eigenvalue weighted by Crippen LogP contribution is 2.31. The van der Waals surface area contributed by atoms with Crippen molar-refractivity contribution in [1.82, 2.24) is 0 Å². The van der Waals surface area contributed by atoms with Gasteiger partial charge in [-0.25, -0.2) is 4.79 Å². The van der Waals surface area contributed by atoms with Crippen LogP contribution in [-0.2, 0) is 19.9 Å². The molecule has 0 aliphatic carbocycles. The Balaban J connectivity index is 1.74. The molecule has 0 aliphatic rings. The predicted molar refractivity (Wildman–Crippen MR) is 113 cm³/mol. The summed E-state index contributed by atoms with van der Waals surface area (Å²) in [5.41, 5.74) is -0.956. The zero-order chi connectivity index (χ0) is 21.6. The van der Waals surface area contributed by atoms with Crippen molar-refractivity contribution in [2.45, 2.75) is 5.60 Å². The highest BCUT2D eigenvalue weighted by Gasteiger charge is 2.41. The number of anilines is 1. The molecule has 0 fully saturated rings. The van der Waals surface area contributed by atoms with Gasteiger partial charge in [-0.3, -0.25) is 4.79 Å². The number of aliphatic hydroxyl groups is 1. The van der Waals surface area contributed by atoms with E-state index in [1.807, 2.05) is 0 Å². The first-order chi connectivity index (χ1) is 14.4. The molecule has 0 saturated carbocycles. The van der Waals surface area contributed by atoms with Crippen LogP contribution >= 0.6 is 11.6 Å². The van der Waals surface area contributed by atoms with E-state index in [0.717, 1.165) is 0 Å². The Morgan fingerprint density at radius 2 is 1.53 bits per heavy atom. The molecule has 0 spiro atoms. The number of amides is 1. The molecule has 6 nitrogen and oxygen atoms in total. The number of nitrogens with one attached hydrogen (secondary N) is 1. The van der Waals surface area contributed by atoms with E-state index >= 15 is 0 Å². The number of methoxy groups -OCH3 is 1. The van der Waals surface area contributed by atoms with E-state index < -0.39 is 24.1 Å². The van der Waals surface area contributed by atoms with Crippen LogP contribution in [0.1, 0.15) is 11.1 Å². The second-order valence-corrected chi connectivity index (χ2v) is 6.82. The van der Waals surface area contributed by atoms with Crippen LogP contribution in [0.25, 0.3) is 0 Å². The second-order valence-electron chi connectivity index (χ2n) is 6.42. The number of carbonyl (C=O) groups excluding carboxylic acids is 2. The quantitative estimate of drug-likeness (QED) is 0.563. The molecule has 0 aromatic heterocycles. The van der Waals surface area contributed by atoms with E-state index in [0.29, 0.717) is 27.6 Å². The van der Waals surface area contributed by atoms with E-state index in [1.165, 1.54) is 13.2 Å². The van der Waals surface area contributed by atoms with Crippen molar-refractivity contribution in [3.63, 3.8) is 0 Å². The van der Waals surface area contributed by atoms with Crippen LogP contribution in [0.4, 0.5) is 5.69 Å². The lowest BCUT2D eigenvalue weighted by atomic mass is 9.86. The zero-order valence-electron chi connectivity index (χ0n) is 16.2. The van der Waals surface area contributed by atoms with E-state index in [-0.39, 0.29) is 0 Å². The van der Waals surface area contributed by atoms with Crippen LogP contribution in [-0.4, -0.2) is 30.7 Å². The van der Waals surface area contributed by atoms with Crippen molar-refractivity contribution in [2.75, 3.05) is 19.0 Å². The summed E-state index contributed by atoms with van der Waals surface area (Å²) in [5.74, 6) is -1.06. The van der Waals surface area contributed by atoms with E-state index in [2.05, 4.69) is 5.32 Å². The first-order valence-corrected chi connectivity index (χ1v) is 9.47. The summed E-state index contributed by atoms with van der Waals surface area (Å²) < 4.78 is 10.2. The van der Waals surface area contributed by atoms with Gasteiger partial charge in [0.15, 0.2) is 6.61 Å². The average Bonchev–Trinajstić information content (AvgIpc) is 2.78. The van der Waals surface area contributed by atoms with Gasteiger partial charge in [0.25, 0.3) is 5.91 Å². The van der Waals surface area contributed by atoms with Gasteiger partial charge in [-0.05, 0) is 29.3 Å². The van der Waals surface area contributed by atoms with Gasteiger partial charge in [-0.2, -0.15) is 0 Å². The highest BCUT2D eigenvalue weighted by molar-refractivity contribution is 6.32. The first-order valence-electron chi connectivity index (χ1n) is 9.09. The molecule has 0 heterocycles. The molecule has 3 rings (SSSR count). The minimum atomic E-state index is -2.05. The summed E-state index contributed by atoms with van der Waals surface area (Å²) in [6.07, 6.45) is 0. The van der Waals surface area contributed by atoms with Crippen LogP contribution in [0, 0.1) is 0 Å². The number of halogens is 1. The molecule has 0 bridgehead atoms. The number of carbonyl (C=O) groups is 2. The molecule has 154 valence electrons. The molecule has 0 aliphatic heterocycles. The first kappa shape index (κ1) is 21.4. The number of hydrogen-bond donors (Lipinski definition) is 2. The fraction of sp³-hybridized carbons (Fsp3) is 0.130. The summed E-state index contributed by atoms with van der Waals surface area (Å²) in [5, 5.41) is 14.2. The molecule has 0 atom stereocenters. The molecule has 0 radical (unpaired) electrons.